The van der Waals surface area contributed by atoms with Gasteiger partial charge in [0.15, 0.2) is 5.58 Å². The van der Waals surface area contributed by atoms with Crippen LogP contribution in [0.15, 0.2) is 27.4 Å². The molecule has 0 aliphatic carbocycles. The minimum absolute atomic E-state index is 0.136. The summed E-state index contributed by atoms with van der Waals surface area (Å²) in [6.45, 7) is 3.45. The number of nitrogens with one attached hydrogen (secondary N) is 1. The first-order valence-electron chi connectivity index (χ1n) is 5.62. The second-order valence-electron chi connectivity index (χ2n) is 4.34. The van der Waals surface area contributed by atoms with Gasteiger partial charge in [0.25, 0.3) is 0 Å². The van der Waals surface area contributed by atoms with Crippen molar-refractivity contribution in [1.29, 1.82) is 0 Å². The fraction of sp³-hybridized carbons (Fsp3) is 0.417. The third-order valence-corrected chi connectivity index (χ3v) is 2.65. The number of hydrogen-bond donors (Lipinski definition) is 2. The molecule has 0 fully saturated rings. The summed E-state index contributed by atoms with van der Waals surface area (Å²) < 4.78 is 6.57. The highest BCUT2D eigenvalue weighted by Crippen LogP contribution is 2.13. The lowest BCUT2D eigenvalue weighted by atomic mass is 10.2. The Labute approximate surface area is 99.2 Å². The van der Waals surface area contributed by atoms with Gasteiger partial charge < -0.3 is 15.5 Å². The molecule has 0 bridgehead atoms. The third-order valence-electron chi connectivity index (χ3n) is 2.65. The first kappa shape index (κ1) is 11.9. The zero-order chi connectivity index (χ0) is 12.4. The average molecular weight is 235 g/mol. The summed E-state index contributed by atoms with van der Waals surface area (Å²) in [4.78, 5) is 11.3. The van der Waals surface area contributed by atoms with Crippen LogP contribution in [0.25, 0.3) is 11.1 Å². The van der Waals surface area contributed by atoms with Crippen LogP contribution in [0.1, 0.15) is 12.5 Å². The molecule has 0 saturated heterocycles. The smallest absolute Gasteiger partial charge is 0.408 e. The molecule has 0 radical (unpaired) electrons. The third kappa shape index (κ3) is 2.57. The minimum atomic E-state index is -0.333. The molecular weight excluding hydrogens is 218 g/mol. The van der Waals surface area contributed by atoms with Gasteiger partial charge in [-0.1, -0.05) is 6.07 Å². The van der Waals surface area contributed by atoms with Gasteiger partial charge in [-0.3, -0.25) is 4.57 Å². The van der Waals surface area contributed by atoms with Gasteiger partial charge in [-0.05, 0) is 24.6 Å². The van der Waals surface area contributed by atoms with Crippen molar-refractivity contribution in [3.8, 4) is 0 Å². The lowest BCUT2D eigenvalue weighted by molar-refractivity contribution is 0.528. The molecule has 0 aliphatic rings. The zero-order valence-electron chi connectivity index (χ0n) is 10.1. The van der Waals surface area contributed by atoms with Gasteiger partial charge in [0.1, 0.15) is 0 Å². The maximum atomic E-state index is 11.3. The molecule has 1 atom stereocenters. The number of aromatic nitrogens is 1. The number of benzene rings is 1. The van der Waals surface area contributed by atoms with E-state index in [0.717, 1.165) is 24.2 Å². The Morgan fingerprint density at radius 2 is 2.29 bits per heavy atom. The zero-order valence-corrected chi connectivity index (χ0v) is 10.1. The molecule has 0 amide bonds. The Kier molecular flexibility index (Phi) is 3.31. The Hall–Kier alpha value is -1.59. The molecule has 1 unspecified atom stereocenters. The van der Waals surface area contributed by atoms with Crippen molar-refractivity contribution >= 4 is 11.1 Å². The van der Waals surface area contributed by atoms with E-state index in [2.05, 4.69) is 5.32 Å². The molecule has 1 heterocycles. The molecule has 5 heteroatoms. The SMILES string of the molecule is CC(N)CNCc1ccc2oc(=O)n(C)c2c1. The highest BCUT2D eigenvalue weighted by Gasteiger charge is 2.06. The maximum Gasteiger partial charge on any atom is 0.419 e. The van der Waals surface area contributed by atoms with Crippen molar-refractivity contribution in [2.45, 2.75) is 19.5 Å². The number of aryl methyl sites for hydroxylation is 1. The fourth-order valence-corrected chi connectivity index (χ4v) is 1.73. The molecule has 17 heavy (non-hydrogen) atoms. The van der Waals surface area contributed by atoms with Crippen LogP contribution in [0, 0.1) is 0 Å². The van der Waals surface area contributed by atoms with Crippen molar-refractivity contribution < 1.29 is 4.42 Å². The average Bonchev–Trinajstić information content (AvgIpc) is 2.55. The van der Waals surface area contributed by atoms with Crippen molar-refractivity contribution in [2.24, 2.45) is 12.8 Å². The van der Waals surface area contributed by atoms with Crippen molar-refractivity contribution in [3.63, 3.8) is 0 Å². The standard InChI is InChI=1S/C12H17N3O2/c1-8(13)6-14-7-9-3-4-11-10(5-9)15(2)12(16)17-11/h3-5,8,14H,6-7,13H2,1-2H3. The summed E-state index contributed by atoms with van der Waals surface area (Å²) in [6.07, 6.45) is 0. The second kappa shape index (κ2) is 4.73. The highest BCUT2D eigenvalue weighted by atomic mass is 16.4. The summed E-state index contributed by atoms with van der Waals surface area (Å²) in [6, 6.07) is 5.85. The predicted octanol–water partition coefficient (Wildman–Crippen LogP) is 0.568. The molecule has 0 aliphatic heterocycles. The van der Waals surface area contributed by atoms with E-state index >= 15 is 0 Å². The summed E-state index contributed by atoms with van der Waals surface area (Å²) >= 11 is 0. The van der Waals surface area contributed by atoms with Gasteiger partial charge in [-0.2, -0.15) is 0 Å². The number of fused-ring (bicyclic) bond motifs is 1. The highest BCUT2D eigenvalue weighted by molar-refractivity contribution is 5.73. The van der Waals surface area contributed by atoms with Crippen molar-refractivity contribution in [1.82, 2.24) is 9.88 Å². The Morgan fingerprint density at radius 1 is 1.53 bits per heavy atom. The van der Waals surface area contributed by atoms with E-state index in [9.17, 15) is 4.79 Å². The fourth-order valence-electron chi connectivity index (χ4n) is 1.73. The quantitative estimate of drug-likeness (QED) is 0.812. The van der Waals surface area contributed by atoms with Crippen LogP contribution in [0.3, 0.4) is 0 Å². The number of nitrogens with two attached hydrogens (primary N) is 1. The topological polar surface area (TPSA) is 73.2 Å². The van der Waals surface area contributed by atoms with Crippen LogP contribution in [-0.4, -0.2) is 17.2 Å². The van der Waals surface area contributed by atoms with E-state index in [1.54, 1.807) is 7.05 Å². The minimum Gasteiger partial charge on any atom is -0.408 e. The molecule has 1 aromatic carbocycles. The predicted molar refractivity (Wildman–Crippen MR) is 66.8 cm³/mol. The normalized spacial score (nSPS) is 13.1. The van der Waals surface area contributed by atoms with Crippen LogP contribution in [0.5, 0.6) is 0 Å². The van der Waals surface area contributed by atoms with Crippen LogP contribution in [0.4, 0.5) is 0 Å². The van der Waals surface area contributed by atoms with E-state index in [1.807, 2.05) is 25.1 Å². The number of oxazole rings is 1. The molecule has 3 N–H and O–H groups in total. The molecule has 5 nitrogen and oxygen atoms in total. The number of hydrogen-bond acceptors (Lipinski definition) is 4. The van der Waals surface area contributed by atoms with Gasteiger partial charge in [-0.15, -0.1) is 0 Å². The molecule has 92 valence electrons. The van der Waals surface area contributed by atoms with E-state index in [4.69, 9.17) is 10.2 Å². The van der Waals surface area contributed by atoms with Crippen LogP contribution in [-0.2, 0) is 13.6 Å². The van der Waals surface area contributed by atoms with Gasteiger partial charge >= 0.3 is 5.76 Å². The second-order valence-corrected chi connectivity index (χ2v) is 4.34. The van der Waals surface area contributed by atoms with Gasteiger partial charge in [0, 0.05) is 26.2 Å². The summed E-state index contributed by atoms with van der Waals surface area (Å²) in [7, 11) is 1.70. The molecular formula is C12H17N3O2. The van der Waals surface area contributed by atoms with E-state index in [0.29, 0.717) is 5.58 Å². The lowest BCUT2D eigenvalue weighted by Gasteiger charge is -2.07. The molecule has 0 saturated carbocycles. The van der Waals surface area contributed by atoms with E-state index < -0.39 is 0 Å². The lowest BCUT2D eigenvalue weighted by Crippen LogP contribution is -2.30. The number of nitrogens with zero attached hydrogens (tertiary/aromatic N) is 1. The first-order chi connectivity index (χ1) is 8.08. The van der Waals surface area contributed by atoms with Crippen molar-refractivity contribution in [2.75, 3.05) is 6.54 Å². The summed E-state index contributed by atoms with van der Waals surface area (Å²) in [5.74, 6) is -0.333. The summed E-state index contributed by atoms with van der Waals surface area (Å²) in [5, 5.41) is 3.25. The van der Waals surface area contributed by atoms with Crippen molar-refractivity contribution in [3.05, 3.63) is 34.3 Å². The molecule has 1 aromatic heterocycles. The monoisotopic (exact) mass is 235 g/mol. The van der Waals surface area contributed by atoms with E-state index in [1.165, 1.54) is 4.57 Å². The Bertz CT molecular complexity index is 569. The summed E-state index contributed by atoms with van der Waals surface area (Å²) in [5.41, 5.74) is 8.19. The largest absolute Gasteiger partial charge is 0.419 e. The van der Waals surface area contributed by atoms with E-state index in [-0.39, 0.29) is 11.8 Å². The molecule has 2 aromatic rings. The Morgan fingerprint density at radius 3 is 3.00 bits per heavy atom. The van der Waals surface area contributed by atoms with Gasteiger partial charge in [0.05, 0.1) is 5.52 Å². The van der Waals surface area contributed by atoms with Crippen LogP contribution in [0.2, 0.25) is 0 Å². The molecule has 2 rings (SSSR count). The van der Waals surface area contributed by atoms with Crippen LogP contribution >= 0.6 is 0 Å². The number of rotatable bonds is 4. The van der Waals surface area contributed by atoms with Crippen LogP contribution < -0.4 is 16.8 Å². The Balaban J connectivity index is 2.19. The maximum absolute atomic E-state index is 11.3. The first-order valence-corrected chi connectivity index (χ1v) is 5.62. The van der Waals surface area contributed by atoms with Gasteiger partial charge in [-0.25, -0.2) is 4.79 Å². The van der Waals surface area contributed by atoms with Gasteiger partial charge in [0.2, 0.25) is 0 Å². The molecule has 0 spiro atoms.